The lowest BCUT2D eigenvalue weighted by Gasteiger charge is -2.43. The van der Waals surface area contributed by atoms with Crippen molar-refractivity contribution in [1.82, 2.24) is 14.7 Å². The van der Waals surface area contributed by atoms with Crippen LogP contribution in [-0.2, 0) is 16.1 Å². The highest BCUT2D eigenvalue weighted by atomic mass is 16.5. The lowest BCUT2D eigenvalue weighted by atomic mass is 9.85. The standard InChI is InChI=1S/C20H29N3O4/c1-16(15-24)21-10-8-20(9-11-21)18(25)22(12-13-27-2)19(26)23(20)14-17-6-4-3-5-7-17/h3-7,16,24H,8-15H2,1-2H3. The zero-order valence-electron chi connectivity index (χ0n) is 16.1. The molecule has 2 saturated heterocycles. The minimum Gasteiger partial charge on any atom is -0.395 e. The van der Waals surface area contributed by atoms with Gasteiger partial charge in [0.1, 0.15) is 5.54 Å². The number of urea groups is 1. The Morgan fingerprint density at radius 3 is 2.44 bits per heavy atom. The maximum Gasteiger partial charge on any atom is 0.328 e. The number of nitrogens with zero attached hydrogens (tertiary/aromatic N) is 3. The first-order chi connectivity index (χ1) is 13.0. The molecule has 2 aliphatic rings. The highest BCUT2D eigenvalue weighted by molar-refractivity contribution is 6.07. The maximum atomic E-state index is 13.3. The molecule has 0 aliphatic carbocycles. The van der Waals surface area contributed by atoms with Crippen LogP contribution in [0, 0.1) is 0 Å². The molecule has 0 radical (unpaired) electrons. The molecule has 148 valence electrons. The number of likely N-dealkylation sites (tertiary alicyclic amines) is 1. The Morgan fingerprint density at radius 2 is 1.85 bits per heavy atom. The largest absolute Gasteiger partial charge is 0.395 e. The lowest BCUT2D eigenvalue weighted by Crippen LogP contribution is -2.57. The SMILES string of the molecule is COCCN1C(=O)N(Cc2ccccc2)C2(CCN(C(C)CO)CC2)C1=O. The van der Waals surface area contributed by atoms with Crippen molar-refractivity contribution in [2.45, 2.75) is 37.9 Å². The number of piperidine rings is 1. The Bertz CT molecular complexity index is 658. The number of hydrogen-bond donors (Lipinski definition) is 1. The Morgan fingerprint density at radius 1 is 1.19 bits per heavy atom. The minimum absolute atomic E-state index is 0.0572. The summed E-state index contributed by atoms with van der Waals surface area (Å²) >= 11 is 0. The van der Waals surface area contributed by atoms with Crippen molar-refractivity contribution >= 4 is 11.9 Å². The summed E-state index contributed by atoms with van der Waals surface area (Å²) in [5.41, 5.74) is 0.213. The Balaban J connectivity index is 1.85. The minimum atomic E-state index is -0.799. The van der Waals surface area contributed by atoms with Gasteiger partial charge in [0.25, 0.3) is 5.91 Å². The molecule has 2 heterocycles. The first-order valence-electron chi connectivity index (χ1n) is 9.55. The van der Waals surface area contributed by atoms with Crippen LogP contribution in [-0.4, -0.2) is 83.3 Å². The third-order valence-corrected chi connectivity index (χ3v) is 5.84. The van der Waals surface area contributed by atoms with Crippen LogP contribution in [0.3, 0.4) is 0 Å². The fourth-order valence-corrected chi connectivity index (χ4v) is 4.08. The monoisotopic (exact) mass is 375 g/mol. The van der Waals surface area contributed by atoms with E-state index < -0.39 is 5.54 Å². The van der Waals surface area contributed by atoms with Crippen LogP contribution in [0.1, 0.15) is 25.3 Å². The molecule has 7 nitrogen and oxygen atoms in total. The Labute approximate surface area is 160 Å². The van der Waals surface area contributed by atoms with Crippen LogP contribution >= 0.6 is 0 Å². The highest BCUT2D eigenvalue weighted by Gasteiger charge is 2.57. The van der Waals surface area contributed by atoms with Crippen molar-refractivity contribution in [2.75, 3.05) is 40.0 Å². The molecule has 0 bridgehead atoms. The molecule has 1 aromatic carbocycles. The van der Waals surface area contributed by atoms with E-state index in [4.69, 9.17) is 4.74 Å². The van der Waals surface area contributed by atoms with Gasteiger partial charge in [0.2, 0.25) is 0 Å². The first kappa shape index (κ1) is 19.8. The number of benzene rings is 1. The van der Waals surface area contributed by atoms with Crippen LogP contribution in [0.25, 0.3) is 0 Å². The summed E-state index contributed by atoms with van der Waals surface area (Å²) in [5, 5.41) is 9.43. The average Bonchev–Trinajstić information content (AvgIpc) is 2.89. The smallest absolute Gasteiger partial charge is 0.328 e. The highest BCUT2D eigenvalue weighted by Crippen LogP contribution is 2.38. The number of methoxy groups -OCH3 is 1. The third kappa shape index (κ3) is 3.72. The molecule has 0 saturated carbocycles. The molecule has 1 unspecified atom stereocenters. The number of imide groups is 1. The van der Waals surface area contributed by atoms with Crippen molar-refractivity contribution in [2.24, 2.45) is 0 Å². The number of aliphatic hydroxyl groups excluding tert-OH is 1. The van der Waals surface area contributed by atoms with Crippen molar-refractivity contribution in [3.63, 3.8) is 0 Å². The van der Waals surface area contributed by atoms with Gasteiger partial charge < -0.3 is 14.7 Å². The van der Waals surface area contributed by atoms with Gasteiger partial charge >= 0.3 is 6.03 Å². The lowest BCUT2D eigenvalue weighted by molar-refractivity contribution is -0.136. The zero-order chi connectivity index (χ0) is 19.4. The number of ether oxygens (including phenoxy) is 1. The third-order valence-electron chi connectivity index (χ3n) is 5.84. The molecule has 1 spiro atoms. The van der Waals surface area contributed by atoms with Gasteiger partial charge in [-0.15, -0.1) is 0 Å². The van der Waals surface area contributed by atoms with Gasteiger partial charge in [0.05, 0.1) is 19.8 Å². The summed E-state index contributed by atoms with van der Waals surface area (Å²) in [6, 6.07) is 9.61. The van der Waals surface area contributed by atoms with Crippen molar-refractivity contribution < 1.29 is 19.4 Å². The summed E-state index contributed by atoms with van der Waals surface area (Å²) in [5.74, 6) is -0.114. The fraction of sp³-hybridized carbons (Fsp3) is 0.600. The molecule has 1 atom stereocenters. The summed E-state index contributed by atoms with van der Waals surface area (Å²) < 4.78 is 5.09. The van der Waals surface area contributed by atoms with E-state index in [1.54, 1.807) is 12.0 Å². The Kier molecular flexibility index (Phi) is 6.14. The number of amides is 3. The van der Waals surface area contributed by atoms with Crippen LogP contribution in [0.15, 0.2) is 30.3 Å². The predicted octanol–water partition coefficient (Wildman–Crippen LogP) is 1.31. The van der Waals surface area contributed by atoms with E-state index >= 15 is 0 Å². The van der Waals surface area contributed by atoms with E-state index in [0.717, 1.165) is 5.56 Å². The van der Waals surface area contributed by atoms with Crippen LogP contribution in [0.2, 0.25) is 0 Å². The second-order valence-electron chi connectivity index (χ2n) is 7.40. The van der Waals surface area contributed by atoms with Crippen LogP contribution < -0.4 is 0 Å². The molecule has 27 heavy (non-hydrogen) atoms. The van der Waals surface area contributed by atoms with Gasteiger partial charge in [-0.05, 0) is 25.3 Å². The molecule has 1 N–H and O–H groups in total. The number of rotatable bonds is 7. The van der Waals surface area contributed by atoms with E-state index in [1.165, 1.54) is 4.90 Å². The molecule has 2 fully saturated rings. The molecule has 2 aliphatic heterocycles. The summed E-state index contributed by atoms with van der Waals surface area (Å²) in [4.78, 5) is 31.7. The number of carbonyl (C=O) groups excluding carboxylic acids is 2. The topological polar surface area (TPSA) is 73.3 Å². The summed E-state index contributed by atoms with van der Waals surface area (Å²) in [7, 11) is 1.57. The maximum absolute atomic E-state index is 13.3. The summed E-state index contributed by atoms with van der Waals surface area (Å²) in [6.07, 6.45) is 1.16. The van der Waals surface area contributed by atoms with Crippen LogP contribution in [0.5, 0.6) is 0 Å². The first-order valence-corrected chi connectivity index (χ1v) is 9.55. The van der Waals surface area contributed by atoms with Crippen molar-refractivity contribution in [3.8, 4) is 0 Å². The molecular formula is C20H29N3O4. The Hall–Kier alpha value is -1.96. The second kappa shape index (κ2) is 8.37. The van der Waals surface area contributed by atoms with Gasteiger partial charge in [-0.3, -0.25) is 14.6 Å². The average molecular weight is 375 g/mol. The normalized spacial score (nSPS) is 21.3. The molecule has 7 heteroatoms. The van der Waals surface area contributed by atoms with Gasteiger partial charge in [0, 0.05) is 32.8 Å². The van der Waals surface area contributed by atoms with Crippen molar-refractivity contribution in [1.29, 1.82) is 0 Å². The second-order valence-corrected chi connectivity index (χ2v) is 7.40. The zero-order valence-corrected chi connectivity index (χ0v) is 16.1. The van der Waals surface area contributed by atoms with Gasteiger partial charge in [-0.25, -0.2) is 4.79 Å². The van der Waals surface area contributed by atoms with E-state index in [0.29, 0.717) is 39.1 Å². The quantitative estimate of drug-likeness (QED) is 0.728. The van der Waals surface area contributed by atoms with Crippen LogP contribution in [0.4, 0.5) is 4.79 Å². The summed E-state index contributed by atoms with van der Waals surface area (Å²) in [6.45, 7) is 4.47. The predicted molar refractivity (Wildman–Crippen MR) is 101 cm³/mol. The van der Waals surface area contributed by atoms with Gasteiger partial charge in [0.15, 0.2) is 0 Å². The molecule has 3 rings (SSSR count). The van der Waals surface area contributed by atoms with E-state index in [2.05, 4.69) is 4.90 Å². The molecular weight excluding hydrogens is 346 g/mol. The number of carbonyl (C=O) groups is 2. The molecule has 3 amide bonds. The molecule has 0 aromatic heterocycles. The van der Waals surface area contributed by atoms with E-state index in [1.807, 2.05) is 37.3 Å². The van der Waals surface area contributed by atoms with Gasteiger partial charge in [-0.2, -0.15) is 0 Å². The van der Waals surface area contributed by atoms with Gasteiger partial charge in [-0.1, -0.05) is 30.3 Å². The fourth-order valence-electron chi connectivity index (χ4n) is 4.08. The van der Waals surface area contributed by atoms with E-state index in [9.17, 15) is 14.7 Å². The number of hydrogen-bond acceptors (Lipinski definition) is 5. The van der Waals surface area contributed by atoms with E-state index in [-0.39, 0.29) is 31.1 Å². The van der Waals surface area contributed by atoms with Crippen molar-refractivity contribution in [3.05, 3.63) is 35.9 Å². The number of aliphatic hydroxyl groups is 1. The molecule has 1 aromatic rings.